The van der Waals surface area contributed by atoms with Crippen molar-refractivity contribution in [1.29, 1.82) is 0 Å². The van der Waals surface area contributed by atoms with Crippen molar-refractivity contribution < 1.29 is 0 Å². The molecule has 1 saturated heterocycles. The van der Waals surface area contributed by atoms with Gasteiger partial charge in [-0.3, -0.25) is 0 Å². The molecular weight excluding hydrogens is 260 g/mol. The summed E-state index contributed by atoms with van der Waals surface area (Å²) >= 11 is 6.17. The van der Waals surface area contributed by atoms with Crippen LogP contribution in [0.2, 0.25) is 5.02 Å². The minimum absolute atomic E-state index is 0.566. The molecule has 1 aliphatic heterocycles. The number of hydrogen-bond acceptors (Lipinski definition) is 3. The third kappa shape index (κ3) is 2.42. The van der Waals surface area contributed by atoms with Crippen molar-refractivity contribution in [3.63, 3.8) is 0 Å². The molecule has 1 atom stereocenters. The van der Waals surface area contributed by atoms with Gasteiger partial charge in [-0.2, -0.15) is 0 Å². The van der Waals surface area contributed by atoms with Gasteiger partial charge >= 0.3 is 0 Å². The molecule has 1 aromatic carbocycles. The molecule has 0 amide bonds. The fourth-order valence-corrected chi connectivity index (χ4v) is 3.21. The van der Waals surface area contributed by atoms with Crippen molar-refractivity contribution in [3.8, 4) is 0 Å². The summed E-state index contributed by atoms with van der Waals surface area (Å²) in [6, 6.07) is 5.85. The molecule has 2 aromatic rings. The Morgan fingerprint density at radius 3 is 3.11 bits per heavy atom. The number of benzene rings is 1. The molecule has 1 unspecified atom stereocenters. The molecule has 0 radical (unpaired) electrons. The highest BCUT2D eigenvalue weighted by Crippen LogP contribution is 2.27. The van der Waals surface area contributed by atoms with E-state index in [0.717, 1.165) is 24.1 Å². The van der Waals surface area contributed by atoms with Crippen LogP contribution in [0.25, 0.3) is 11.0 Å². The van der Waals surface area contributed by atoms with Gasteiger partial charge in [0.25, 0.3) is 0 Å². The average Bonchev–Trinajstić information content (AvgIpc) is 2.69. The van der Waals surface area contributed by atoms with Crippen molar-refractivity contribution in [2.75, 3.05) is 25.9 Å². The van der Waals surface area contributed by atoms with Crippen LogP contribution in [-0.2, 0) is 6.54 Å². The first-order valence-electron chi connectivity index (χ1n) is 6.74. The first-order chi connectivity index (χ1) is 9.15. The zero-order valence-corrected chi connectivity index (χ0v) is 11.9. The molecule has 1 fully saturated rings. The summed E-state index contributed by atoms with van der Waals surface area (Å²) in [4.78, 5) is 6.78. The Morgan fingerprint density at radius 2 is 2.32 bits per heavy atom. The number of rotatable bonds is 2. The molecular formula is C14H19ClN4. The summed E-state index contributed by atoms with van der Waals surface area (Å²) in [5, 5.41) is 0.670. The van der Waals surface area contributed by atoms with Crippen molar-refractivity contribution in [3.05, 3.63) is 23.2 Å². The van der Waals surface area contributed by atoms with Crippen LogP contribution in [0.1, 0.15) is 12.8 Å². The van der Waals surface area contributed by atoms with Gasteiger partial charge in [0.2, 0.25) is 5.95 Å². The topological polar surface area (TPSA) is 47.1 Å². The average molecular weight is 279 g/mol. The predicted octanol–water partition coefficient (Wildman–Crippen LogP) is 2.61. The third-order valence-corrected chi connectivity index (χ3v) is 4.23. The molecule has 19 heavy (non-hydrogen) atoms. The van der Waals surface area contributed by atoms with E-state index >= 15 is 0 Å². The van der Waals surface area contributed by atoms with Gasteiger partial charge < -0.3 is 15.2 Å². The van der Waals surface area contributed by atoms with Gasteiger partial charge in [0, 0.05) is 13.1 Å². The Balaban J connectivity index is 1.92. The van der Waals surface area contributed by atoms with Crippen LogP contribution >= 0.6 is 11.6 Å². The van der Waals surface area contributed by atoms with E-state index in [1.165, 1.54) is 19.4 Å². The van der Waals surface area contributed by atoms with E-state index in [4.69, 9.17) is 17.3 Å². The normalized spacial score (nSPS) is 21.1. The maximum atomic E-state index is 6.17. The zero-order valence-electron chi connectivity index (χ0n) is 11.1. The SMILES string of the molecule is CN1CCCC(Cn2c(N)nc3c(Cl)cccc32)C1. The van der Waals surface area contributed by atoms with Crippen LogP contribution in [0, 0.1) is 5.92 Å². The number of likely N-dealkylation sites (tertiary alicyclic amines) is 1. The van der Waals surface area contributed by atoms with E-state index in [9.17, 15) is 0 Å². The maximum absolute atomic E-state index is 6.17. The Kier molecular flexibility index (Phi) is 3.37. The van der Waals surface area contributed by atoms with Crippen LogP contribution in [0.3, 0.4) is 0 Å². The van der Waals surface area contributed by atoms with Gasteiger partial charge in [-0.15, -0.1) is 0 Å². The minimum atomic E-state index is 0.566. The second-order valence-corrected chi connectivity index (χ2v) is 5.87. The Bertz CT molecular complexity index is 592. The first kappa shape index (κ1) is 12.8. The summed E-state index contributed by atoms with van der Waals surface area (Å²) in [7, 11) is 2.18. The van der Waals surface area contributed by atoms with E-state index in [1.807, 2.05) is 18.2 Å². The lowest BCUT2D eigenvalue weighted by molar-refractivity contribution is 0.196. The first-order valence-corrected chi connectivity index (χ1v) is 7.11. The number of para-hydroxylation sites is 1. The molecule has 0 aliphatic carbocycles. The maximum Gasteiger partial charge on any atom is 0.201 e. The number of nitrogen functional groups attached to an aromatic ring is 1. The molecule has 4 nitrogen and oxygen atoms in total. The number of aromatic nitrogens is 2. The number of imidazole rings is 1. The second-order valence-electron chi connectivity index (χ2n) is 5.46. The van der Waals surface area contributed by atoms with Gasteiger partial charge in [0.1, 0.15) is 5.52 Å². The van der Waals surface area contributed by atoms with Crippen LogP contribution in [0.4, 0.5) is 5.95 Å². The van der Waals surface area contributed by atoms with Crippen molar-refractivity contribution >= 4 is 28.6 Å². The van der Waals surface area contributed by atoms with Crippen molar-refractivity contribution in [2.45, 2.75) is 19.4 Å². The zero-order chi connectivity index (χ0) is 13.4. The Hall–Kier alpha value is -1.26. The molecule has 3 rings (SSSR count). The van der Waals surface area contributed by atoms with Crippen LogP contribution in [0.15, 0.2) is 18.2 Å². The number of anilines is 1. The highest BCUT2D eigenvalue weighted by Gasteiger charge is 2.20. The van der Waals surface area contributed by atoms with E-state index in [-0.39, 0.29) is 0 Å². The number of nitrogens with two attached hydrogens (primary N) is 1. The molecule has 5 heteroatoms. The van der Waals surface area contributed by atoms with E-state index < -0.39 is 0 Å². The summed E-state index contributed by atoms with van der Waals surface area (Å²) in [6.07, 6.45) is 2.51. The number of halogens is 1. The summed E-state index contributed by atoms with van der Waals surface area (Å²) < 4.78 is 2.10. The molecule has 1 aromatic heterocycles. The van der Waals surface area contributed by atoms with Crippen LogP contribution in [-0.4, -0.2) is 34.6 Å². The monoisotopic (exact) mass is 278 g/mol. The van der Waals surface area contributed by atoms with Gasteiger partial charge in [0.15, 0.2) is 0 Å². The molecule has 2 heterocycles. The Morgan fingerprint density at radius 1 is 1.47 bits per heavy atom. The summed E-state index contributed by atoms with van der Waals surface area (Å²) in [5.74, 6) is 1.20. The molecule has 2 N–H and O–H groups in total. The second kappa shape index (κ2) is 5.02. The van der Waals surface area contributed by atoms with Gasteiger partial charge in [-0.1, -0.05) is 17.7 Å². The van der Waals surface area contributed by atoms with E-state index in [2.05, 4.69) is 21.5 Å². The number of nitrogens with zero attached hydrogens (tertiary/aromatic N) is 3. The Labute approximate surface area is 118 Å². The highest BCUT2D eigenvalue weighted by molar-refractivity contribution is 6.35. The lowest BCUT2D eigenvalue weighted by Crippen LogP contribution is -2.34. The fourth-order valence-electron chi connectivity index (χ4n) is 3.00. The van der Waals surface area contributed by atoms with Crippen molar-refractivity contribution in [1.82, 2.24) is 14.5 Å². The predicted molar refractivity (Wildman–Crippen MR) is 79.4 cm³/mol. The number of piperidine rings is 1. The summed E-state index contributed by atoms with van der Waals surface area (Å²) in [5.41, 5.74) is 7.90. The van der Waals surface area contributed by atoms with Gasteiger partial charge in [0.05, 0.1) is 10.5 Å². The minimum Gasteiger partial charge on any atom is -0.369 e. The van der Waals surface area contributed by atoms with Crippen LogP contribution in [0.5, 0.6) is 0 Å². The third-order valence-electron chi connectivity index (χ3n) is 3.92. The summed E-state index contributed by atoms with van der Waals surface area (Å²) in [6.45, 7) is 3.25. The lowest BCUT2D eigenvalue weighted by atomic mass is 9.98. The lowest BCUT2D eigenvalue weighted by Gasteiger charge is -2.30. The van der Waals surface area contributed by atoms with Gasteiger partial charge in [-0.25, -0.2) is 4.98 Å². The largest absolute Gasteiger partial charge is 0.369 e. The number of hydrogen-bond donors (Lipinski definition) is 1. The van der Waals surface area contributed by atoms with Crippen molar-refractivity contribution in [2.24, 2.45) is 5.92 Å². The van der Waals surface area contributed by atoms with Gasteiger partial charge in [-0.05, 0) is 44.5 Å². The molecule has 0 bridgehead atoms. The van der Waals surface area contributed by atoms with E-state index in [0.29, 0.717) is 16.9 Å². The highest BCUT2D eigenvalue weighted by atomic mass is 35.5. The molecule has 0 saturated carbocycles. The van der Waals surface area contributed by atoms with Crippen LogP contribution < -0.4 is 5.73 Å². The molecule has 1 aliphatic rings. The molecule has 0 spiro atoms. The quantitative estimate of drug-likeness (QED) is 0.919. The fraction of sp³-hybridized carbons (Fsp3) is 0.500. The van der Waals surface area contributed by atoms with E-state index in [1.54, 1.807) is 0 Å². The molecule has 102 valence electrons. The number of fused-ring (bicyclic) bond motifs is 1. The smallest absolute Gasteiger partial charge is 0.201 e. The standard InChI is InChI=1S/C14H19ClN4/c1-18-7-3-4-10(8-18)9-19-12-6-2-5-11(15)13(12)17-14(19)16/h2,5-6,10H,3-4,7-9H2,1H3,(H2,16,17).